The molecular formula is C15H30O2. The molecule has 0 aromatic rings. The molecule has 0 radical (unpaired) electrons. The third-order valence-electron chi connectivity index (χ3n) is 3.55. The fourth-order valence-corrected chi connectivity index (χ4v) is 2.22. The zero-order valence-corrected chi connectivity index (χ0v) is 11.9. The van der Waals surface area contributed by atoms with Crippen LogP contribution in [0.2, 0.25) is 0 Å². The Hall–Kier alpha value is -0.530. The van der Waals surface area contributed by atoms with Crippen LogP contribution in [0.3, 0.4) is 0 Å². The van der Waals surface area contributed by atoms with E-state index in [9.17, 15) is 4.79 Å². The van der Waals surface area contributed by atoms with E-state index < -0.39 is 5.97 Å². The van der Waals surface area contributed by atoms with Gasteiger partial charge in [-0.1, -0.05) is 65.7 Å². The summed E-state index contributed by atoms with van der Waals surface area (Å²) >= 11 is 0. The van der Waals surface area contributed by atoms with E-state index >= 15 is 0 Å². The van der Waals surface area contributed by atoms with Crippen molar-refractivity contribution in [1.82, 2.24) is 0 Å². The van der Waals surface area contributed by atoms with Gasteiger partial charge in [0.15, 0.2) is 0 Å². The second kappa shape index (κ2) is 10.6. The van der Waals surface area contributed by atoms with Gasteiger partial charge >= 0.3 is 5.97 Å². The monoisotopic (exact) mass is 242 g/mol. The van der Waals surface area contributed by atoms with E-state index in [2.05, 4.69) is 20.8 Å². The third-order valence-corrected chi connectivity index (χ3v) is 3.55. The van der Waals surface area contributed by atoms with Crippen molar-refractivity contribution < 1.29 is 9.90 Å². The summed E-state index contributed by atoms with van der Waals surface area (Å²) in [6.45, 7) is 6.76. The van der Waals surface area contributed by atoms with Crippen molar-refractivity contribution in [3.8, 4) is 0 Å². The second-order valence-corrected chi connectivity index (χ2v) is 5.57. The standard InChI is InChI=1S/C15H30O2/c1-4-5-6-8-13(2)9-7-10-14(3)11-12-15(16)17/h13-14H,4-12H2,1-3H3,(H,16,17). The van der Waals surface area contributed by atoms with Gasteiger partial charge < -0.3 is 5.11 Å². The van der Waals surface area contributed by atoms with Gasteiger partial charge in [-0.3, -0.25) is 4.79 Å². The first-order chi connectivity index (χ1) is 8.06. The Bertz CT molecular complexity index is 189. The van der Waals surface area contributed by atoms with Crippen LogP contribution in [0.1, 0.15) is 78.6 Å². The highest BCUT2D eigenvalue weighted by molar-refractivity contribution is 5.66. The van der Waals surface area contributed by atoms with Crippen molar-refractivity contribution in [2.75, 3.05) is 0 Å². The quantitative estimate of drug-likeness (QED) is 0.525. The second-order valence-electron chi connectivity index (χ2n) is 5.57. The SMILES string of the molecule is CCCCCC(C)CCCC(C)CCC(=O)O. The maximum absolute atomic E-state index is 10.4. The molecule has 0 aliphatic heterocycles. The summed E-state index contributed by atoms with van der Waals surface area (Å²) in [6.07, 6.45) is 10.3. The van der Waals surface area contributed by atoms with E-state index in [1.54, 1.807) is 0 Å². The molecule has 0 aliphatic carbocycles. The van der Waals surface area contributed by atoms with Gasteiger partial charge in [0.05, 0.1) is 0 Å². The minimum Gasteiger partial charge on any atom is -0.481 e. The minimum atomic E-state index is -0.662. The summed E-state index contributed by atoms with van der Waals surface area (Å²) in [5.41, 5.74) is 0. The van der Waals surface area contributed by atoms with Gasteiger partial charge in [-0.15, -0.1) is 0 Å². The number of aliphatic carboxylic acids is 1. The molecule has 0 aromatic carbocycles. The lowest BCUT2D eigenvalue weighted by Crippen LogP contribution is -2.02. The smallest absolute Gasteiger partial charge is 0.303 e. The Kier molecular flexibility index (Phi) is 10.3. The van der Waals surface area contributed by atoms with Crippen molar-refractivity contribution in [3.05, 3.63) is 0 Å². The molecule has 0 rings (SSSR count). The largest absolute Gasteiger partial charge is 0.481 e. The summed E-state index contributed by atoms with van der Waals surface area (Å²) in [6, 6.07) is 0. The van der Waals surface area contributed by atoms with Crippen molar-refractivity contribution in [2.45, 2.75) is 78.6 Å². The highest BCUT2D eigenvalue weighted by atomic mass is 16.4. The van der Waals surface area contributed by atoms with E-state index in [0.29, 0.717) is 12.3 Å². The summed E-state index contributed by atoms with van der Waals surface area (Å²) in [5.74, 6) is 0.743. The van der Waals surface area contributed by atoms with Gasteiger partial charge in [0.1, 0.15) is 0 Å². The molecule has 2 nitrogen and oxygen atoms in total. The summed E-state index contributed by atoms with van der Waals surface area (Å²) in [4.78, 5) is 10.4. The van der Waals surface area contributed by atoms with Crippen LogP contribution in [0.4, 0.5) is 0 Å². The molecular weight excluding hydrogens is 212 g/mol. The average Bonchev–Trinajstić information content (AvgIpc) is 2.27. The van der Waals surface area contributed by atoms with Crippen molar-refractivity contribution in [1.29, 1.82) is 0 Å². The van der Waals surface area contributed by atoms with Crippen LogP contribution in [0, 0.1) is 11.8 Å². The first kappa shape index (κ1) is 16.5. The third kappa shape index (κ3) is 11.7. The molecule has 0 fully saturated rings. The van der Waals surface area contributed by atoms with Crippen molar-refractivity contribution in [3.63, 3.8) is 0 Å². The lowest BCUT2D eigenvalue weighted by Gasteiger charge is -2.13. The van der Waals surface area contributed by atoms with E-state index in [-0.39, 0.29) is 0 Å². The lowest BCUT2D eigenvalue weighted by molar-refractivity contribution is -0.137. The number of carboxylic acid groups (broad SMARTS) is 1. The Morgan fingerprint density at radius 3 is 2.00 bits per heavy atom. The molecule has 1 N–H and O–H groups in total. The molecule has 2 heteroatoms. The Morgan fingerprint density at radius 2 is 1.47 bits per heavy atom. The summed E-state index contributed by atoms with van der Waals surface area (Å²) in [5, 5.41) is 8.60. The van der Waals surface area contributed by atoms with Crippen LogP contribution < -0.4 is 0 Å². The van der Waals surface area contributed by atoms with Gasteiger partial charge in [-0.25, -0.2) is 0 Å². The van der Waals surface area contributed by atoms with Crippen LogP contribution in [-0.2, 0) is 4.79 Å². The molecule has 0 saturated heterocycles. The number of hydrogen-bond donors (Lipinski definition) is 1. The van der Waals surface area contributed by atoms with Gasteiger partial charge in [-0.05, 0) is 18.3 Å². The topological polar surface area (TPSA) is 37.3 Å². The lowest BCUT2D eigenvalue weighted by atomic mass is 9.93. The number of hydrogen-bond acceptors (Lipinski definition) is 1. The maximum atomic E-state index is 10.4. The number of unbranched alkanes of at least 4 members (excludes halogenated alkanes) is 2. The van der Waals surface area contributed by atoms with Gasteiger partial charge in [0.2, 0.25) is 0 Å². The minimum absolute atomic E-state index is 0.327. The normalized spacial score (nSPS) is 14.5. The first-order valence-electron chi connectivity index (χ1n) is 7.28. The summed E-state index contributed by atoms with van der Waals surface area (Å²) < 4.78 is 0. The van der Waals surface area contributed by atoms with Crippen LogP contribution in [0.5, 0.6) is 0 Å². The molecule has 0 amide bonds. The molecule has 2 atom stereocenters. The van der Waals surface area contributed by atoms with Crippen molar-refractivity contribution >= 4 is 5.97 Å². The van der Waals surface area contributed by atoms with Gasteiger partial charge in [-0.2, -0.15) is 0 Å². The first-order valence-corrected chi connectivity index (χ1v) is 7.28. The molecule has 0 aliphatic rings. The highest BCUT2D eigenvalue weighted by Crippen LogP contribution is 2.20. The zero-order valence-electron chi connectivity index (χ0n) is 11.9. The number of carbonyl (C=O) groups is 1. The van der Waals surface area contributed by atoms with E-state index in [4.69, 9.17) is 5.11 Å². The fourth-order valence-electron chi connectivity index (χ4n) is 2.22. The molecule has 102 valence electrons. The summed E-state index contributed by atoms with van der Waals surface area (Å²) in [7, 11) is 0. The molecule has 0 saturated carbocycles. The molecule has 0 bridgehead atoms. The van der Waals surface area contributed by atoms with Crippen molar-refractivity contribution in [2.24, 2.45) is 11.8 Å². The Morgan fingerprint density at radius 1 is 0.941 bits per heavy atom. The zero-order chi connectivity index (χ0) is 13.1. The average molecular weight is 242 g/mol. The maximum Gasteiger partial charge on any atom is 0.303 e. The number of carboxylic acids is 1. The van der Waals surface area contributed by atoms with E-state index in [1.807, 2.05) is 0 Å². The fraction of sp³-hybridized carbons (Fsp3) is 0.933. The molecule has 17 heavy (non-hydrogen) atoms. The highest BCUT2D eigenvalue weighted by Gasteiger charge is 2.07. The Balaban J connectivity index is 3.38. The molecule has 0 spiro atoms. The Labute approximate surface area is 107 Å². The molecule has 2 unspecified atom stereocenters. The van der Waals surface area contributed by atoms with Crippen LogP contribution in [0.15, 0.2) is 0 Å². The molecule has 0 heterocycles. The van der Waals surface area contributed by atoms with Crippen LogP contribution in [0.25, 0.3) is 0 Å². The predicted octanol–water partition coefficient (Wildman–Crippen LogP) is 4.87. The van der Waals surface area contributed by atoms with Crippen LogP contribution >= 0.6 is 0 Å². The van der Waals surface area contributed by atoms with Gasteiger partial charge in [0, 0.05) is 6.42 Å². The predicted molar refractivity (Wildman–Crippen MR) is 73.2 cm³/mol. The van der Waals surface area contributed by atoms with Gasteiger partial charge in [0.25, 0.3) is 0 Å². The van der Waals surface area contributed by atoms with E-state index in [0.717, 1.165) is 12.3 Å². The number of rotatable bonds is 11. The van der Waals surface area contributed by atoms with E-state index in [1.165, 1.54) is 44.9 Å². The van der Waals surface area contributed by atoms with Crippen LogP contribution in [-0.4, -0.2) is 11.1 Å². The molecule has 0 aromatic heterocycles.